The monoisotopic (exact) mass is 356 g/mol. The van der Waals surface area contributed by atoms with E-state index in [9.17, 15) is 4.79 Å². The molecule has 3 aromatic rings. The largest absolute Gasteiger partial charge is 0.467 e. The summed E-state index contributed by atoms with van der Waals surface area (Å²) in [6.07, 6.45) is 1.61. The number of aryl methyl sites for hydroxylation is 2. The fourth-order valence-electron chi connectivity index (χ4n) is 2.54. The second-order valence-electron chi connectivity index (χ2n) is 5.83. The third kappa shape index (κ3) is 3.96. The molecule has 3 rings (SSSR count). The van der Waals surface area contributed by atoms with Gasteiger partial charge in [0, 0.05) is 23.3 Å². The van der Waals surface area contributed by atoms with Crippen LogP contribution in [0.2, 0.25) is 0 Å². The Morgan fingerprint density at radius 2 is 2.00 bits per heavy atom. The predicted molar refractivity (Wildman–Crippen MR) is 96.5 cm³/mol. The molecule has 0 unspecified atom stereocenters. The van der Waals surface area contributed by atoms with E-state index < -0.39 is 0 Å². The van der Waals surface area contributed by atoms with Gasteiger partial charge >= 0.3 is 0 Å². The maximum absolute atomic E-state index is 12.8. The molecule has 0 radical (unpaired) electrons. The molecule has 25 heavy (non-hydrogen) atoms. The number of amides is 1. The van der Waals surface area contributed by atoms with Crippen LogP contribution < -0.4 is 0 Å². The van der Waals surface area contributed by atoms with Crippen LogP contribution in [0.3, 0.4) is 0 Å². The summed E-state index contributed by atoms with van der Waals surface area (Å²) >= 11 is 1.62. The highest BCUT2D eigenvalue weighted by Gasteiger charge is 2.18. The minimum absolute atomic E-state index is 0.0294. The van der Waals surface area contributed by atoms with Crippen molar-refractivity contribution in [1.29, 1.82) is 0 Å². The Morgan fingerprint density at radius 3 is 2.68 bits per heavy atom. The normalized spacial score (nSPS) is 10.8. The van der Waals surface area contributed by atoms with Gasteiger partial charge in [0.25, 0.3) is 5.91 Å². The maximum Gasteiger partial charge on any atom is 0.255 e. The minimum Gasteiger partial charge on any atom is -0.467 e. The van der Waals surface area contributed by atoms with Gasteiger partial charge in [-0.05, 0) is 38.1 Å². The smallest absolute Gasteiger partial charge is 0.255 e. The Hall–Kier alpha value is -2.47. The van der Waals surface area contributed by atoms with Crippen molar-refractivity contribution >= 4 is 17.7 Å². The van der Waals surface area contributed by atoms with Crippen LogP contribution in [0.4, 0.5) is 0 Å². The van der Waals surface area contributed by atoms with Gasteiger partial charge in [-0.15, -0.1) is 11.8 Å². The lowest BCUT2D eigenvalue weighted by Gasteiger charge is -2.17. The number of carbonyl (C=O) groups excluding carboxylic acids is 1. The van der Waals surface area contributed by atoms with Gasteiger partial charge in [0.15, 0.2) is 0 Å². The second-order valence-corrected chi connectivity index (χ2v) is 6.85. The van der Waals surface area contributed by atoms with Gasteiger partial charge in [-0.1, -0.05) is 17.3 Å². The first-order chi connectivity index (χ1) is 12.1. The van der Waals surface area contributed by atoms with Crippen LogP contribution in [-0.2, 0) is 12.3 Å². The molecule has 1 amide bonds. The number of carbonyl (C=O) groups is 1. The highest BCUT2D eigenvalue weighted by molar-refractivity contribution is 7.98. The van der Waals surface area contributed by atoms with Crippen molar-refractivity contribution in [1.82, 2.24) is 10.1 Å². The van der Waals surface area contributed by atoms with Crippen molar-refractivity contribution < 1.29 is 13.7 Å². The van der Waals surface area contributed by atoms with E-state index >= 15 is 0 Å². The Kier molecular flexibility index (Phi) is 5.28. The van der Waals surface area contributed by atoms with Crippen LogP contribution >= 0.6 is 11.8 Å². The summed E-state index contributed by atoms with van der Waals surface area (Å²) in [4.78, 5) is 15.4. The lowest BCUT2D eigenvalue weighted by atomic mass is 10.2. The molecule has 5 nitrogen and oxygen atoms in total. The standard InChI is InChI=1S/C19H20N2O3S/c1-13-17(14(2)24-20-13)12-25-18-9-5-4-8-16(18)19(22)21(3)11-15-7-6-10-23-15/h4-10H,11-12H2,1-3H3. The van der Waals surface area contributed by atoms with Crippen molar-refractivity contribution in [2.24, 2.45) is 0 Å². The highest BCUT2D eigenvalue weighted by Crippen LogP contribution is 2.29. The summed E-state index contributed by atoms with van der Waals surface area (Å²) in [5.41, 5.74) is 2.66. The number of hydrogen-bond acceptors (Lipinski definition) is 5. The summed E-state index contributed by atoms with van der Waals surface area (Å²) in [6.45, 7) is 4.28. The number of rotatable bonds is 6. The molecule has 0 fully saturated rings. The quantitative estimate of drug-likeness (QED) is 0.611. The molecule has 0 bridgehead atoms. The van der Waals surface area contributed by atoms with Crippen LogP contribution in [0.1, 0.15) is 33.1 Å². The molecule has 0 spiro atoms. The molecule has 0 atom stereocenters. The third-order valence-electron chi connectivity index (χ3n) is 3.99. The van der Waals surface area contributed by atoms with E-state index in [2.05, 4.69) is 5.16 Å². The Morgan fingerprint density at radius 1 is 1.20 bits per heavy atom. The van der Waals surface area contributed by atoms with Crippen LogP contribution in [0.25, 0.3) is 0 Å². The van der Waals surface area contributed by atoms with E-state index in [0.29, 0.717) is 17.9 Å². The predicted octanol–water partition coefficient (Wildman–Crippen LogP) is 4.45. The molecule has 0 aliphatic rings. The third-order valence-corrected chi connectivity index (χ3v) is 5.09. The summed E-state index contributed by atoms with van der Waals surface area (Å²) in [7, 11) is 1.78. The van der Waals surface area contributed by atoms with Gasteiger partial charge in [-0.3, -0.25) is 4.79 Å². The van der Waals surface area contributed by atoms with E-state index in [1.165, 1.54) is 0 Å². The average molecular weight is 356 g/mol. The molecule has 130 valence electrons. The Labute approximate surface area is 151 Å². The van der Waals surface area contributed by atoms with Crippen molar-refractivity contribution in [2.75, 3.05) is 7.05 Å². The first-order valence-electron chi connectivity index (χ1n) is 7.97. The van der Waals surface area contributed by atoms with Gasteiger partial charge < -0.3 is 13.8 Å². The van der Waals surface area contributed by atoms with Gasteiger partial charge in [-0.25, -0.2) is 0 Å². The van der Waals surface area contributed by atoms with E-state index in [1.807, 2.05) is 50.2 Å². The van der Waals surface area contributed by atoms with Crippen LogP contribution in [0, 0.1) is 13.8 Å². The average Bonchev–Trinajstić information content (AvgIpc) is 3.23. The number of hydrogen-bond donors (Lipinski definition) is 0. The molecule has 2 heterocycles. The number of aromatic nitrogens is 1. The zero-order valence-electron chi connectivity index (χ0n) is 14.5. The van der Waals surface area contributed by atoms with E-state index in [4.69, 9.17) is 8.94 Å². The number of benzene rings is 1. The molecule has 2 aromatic heterocycles. The SMILES string of the molecule is Cc1noc(C)c1CSc1ccccc1C(=O)N(C)Cc1ccco1. The molecule has 0 saturated heterocycles. The Balaban J connectivity index is 1.75. The lowest BCUT2D eigenvalue weighted by Crippen LogP contribution is -2.26. The molecular formula is C19H20N2O3S. The van der Waals surface area contributed by atoms with Crippen LogP contribution in [-0.4, -0.2) is 23.0 Å². The number of nitrogens with zero attached hydrogens (tertiary/aromatic N) is 2. The molecule has 6 heteroatoms. The molecule has 1 aromatic carbocycles. The summed E-state index contributed by atoms with van der Waals surface area (Å²) in [5.74, 6) is 2.27. The zero-order chi connectivity index (χ0) is 17.8. The molecule has 0 aliphatic heterocycles. The van der Waals surface area contributed by atoms with Crippen LogP contribution in [0.5, 0.6) is 0 Å². The zero-order valence-corrected chi connectivity index (χ0v) is 15.3. The summed E-state index contributed by atoms with van der Waals surface area (Å²) in [5, 5.41) is 3.98. The fraction of sp³-hybridized carbons (Fsp3) is 0.263. The van der Waals surface area contributed by atoms with Gasteiger partial charge in [-0.2, -0.15) is 0 Å². The first kappa shape index (κ1) is 17.4. The number of furan rings is 1. The highest BCUT2D eigenvalue weighted by atomic mass is 32.2. The van der Waals surface area contributed by atoms with Gasteiger partial charge in [0.2, 0.25) is 0 Å². The molecule has 0 saturated carbocycles. The lowest BCUT2D eigenvalue weighted by molar-refractivity contribution is 0.0772. The van der Waals surface area contributed by atoms with E-state index in [-0.39, 0.29) is 5.91 Å². The van der Waals surface area contributed by atoms with Crippen molar-refractivity contribution in [2.45, 2.75) is 31.0 Å². The maximum atomic E-state index is 12.8. The van der Waals surface area contributed by atoms with Crippen molar-refractivity contribution in [3.63, 3.8) is 0 Å². The molecule has 0 N–H and O–H groups in total. The molecular weight excluding hydrogens is 336 g/mol. The fourth-order valence-corrected chi connectivity index (χ4v) is 3.74. The topological polar surface area (TPSA) is 59.5 Å². The van der Waals surface area contributed by atoms with E-state index in [1.54, 1.807) is 30.0 Å². The Bertz CT molecular complexity index is 836. The van der Waals surface area contributed by atoms with Gasteiger partial charge in [0.05, 0.1) is 24.1 Å². The van der Waals surface area contributed by atoms with E-state index in [0.717, 1.165) is 27.7 Å². The molecule has 0 aliphatic carbocycles. The minimum atomic E-state index is -0.0294. The summed E-state index contributed by atoms with van der Waals surface area (Å²) < 4.78 is 10.5. The van der Waals surface area contributed by atoms with Crippen LogP contribution in [0.15, 0.2) is 56.5 Å². The van der Waals surface area contributed by atoms with Gasteiger partial charge in [0.1, 0.15) is 11.5 Å². The van der Waals surface area contributed by atoms with Crippen molar-refractivity contribution in [3.05, 3.63) is 71.0 Å². The first-order valence-corrected chi connectivity index (χ1v) is 8.96. The van der Waals surface area contributed by atoms with Crippen molar-refractivity contribution in [3.8, 4) is 0 Å². The second kappa shape index (κ2) is 7.61. The number of thioether (sulfide) groups is 1. The summed E-state index contributed by atoms with van der Waals surface area (Å²) in [6, 6.07) is 11.3.